The van der Waals surface area contributed by atoms with Crippen LogP contribution in [0, 0.1) is 5.92 Å². The molecule has 0 unspecified atom stereocenters. The minimum Gasteiger partial charge on any atom is -0.379 e. The second-order valence-corrected chi connectivity index (χ2v) is 8.87. The average Bonchev–Trinajstić information content (AvgIpc) is 3.01. The van der Waals surface area contributed by atoms with E-state index in [0.717, 1.165) is 68.1 Å². The minimum atomic E-state index is -0.833. The van der Waals surface area contributed by atoms with Gasteiger partial charge in [0.25, 0.3) is 5.91 Å². The molecule has 2 heterocycles. The Hall–Kier alpha value is -2.45. The fourth-order valence-corrected chi connectivity index (χ4v) is 4.92. The Morgan fingerprint density at radius 1 is 1.19 bits per heavy atom. The van der Waals surface area contributed by atoms with Gasteiger partial charge in [0.1, 0.15) is 12.1 Å². The zero-order valence-corrected chi connectivity index (χ0v) is 18.2. The number of rotatable bonds is 6. The number of hydrogen-bond acceptors (Lipinski definition) is 5. The number of carbonyl (C=O) groups is 3. The van der Waals surface area contributed by atoms with E-state index in [1.165, 1.54) is 0 Å². The van der Waals surface area contributed by atoms with Crippen LogP contribution in [0.15, 0.2) is 24.3 Å². The highest BCUT2D eigenvalue weighted by Gasteiger charge is 2.55. The lowest BCUT2D eigenvalue weighted by atomic mass is 9.73. The summed E-state index contributed by atoms with van der Waals surface area (Å²) in [4.78, 5) is 41.5. The van der Waals surface area contributed by atoms with E-state index in [2.05, 4.69) is 21.6 Å². The molecule has 2 atom stereocenters. The molecule has 8 nitrogen and oxygen atoms in total. The molecule has 1 spiro atoms. The highest BCUT2D eigenvalue weighted by atomic mass is 16.5. The number of benzene rings is 1. The van der Waals surface area contributed by atoms with Crippen molar-refractivity contribution >= 4 is 17.8 Å². The van der Waals surface area contributed by atoms with Gasteiger partial charge in [-0.15, -0.1) is 0 Å². The average molecular weight is 429 g/mol. The van der Waals surface area contributed by atoms with Crippen LogP contribution >= 0.6 is 0 Å². The first-order valence-corrected chi connectivity index (χ1v) is 11.3. The maximum absolute atomic E-state index is 13.0. The number of carbonyl (C=O) groups excluding carboxylic acids is 3. The molecule has 1 aliphatic carbocycles. The maximum Gasteiger partial charge on any atom is 0.325 e. The van der Waals surface area contributed by atoms with Crippen molar-refractivity contribution < 1.29 is 19.1 Å². The van der Waals surface area contributed by atoms with E-state index in [4.69, 9.17) is 4.74 Å². The third kappa shape index (κ3) is 4.60. The van der Waals surface area contributed by atoms with Gasteiger partial charge in [-0.1, -0.05) is 44.0 Å². The summed E-state index contributed by atoms with van der Waals surface area (Å²) in [5.74, 6) is -0.504. The van der Waals surface area contributed by atoms with Crippen LogP contribution in [-0.4, -0.2) is 66.0 Å². The van der Waals surface area contributed by atoms with Gasteiger partial charge in [-0.3, -0.25) is 19.4 Å². The first-order valence-electron chi connectivity index (χ1n) is 11.3. The summed E-state index contributed by atoms with van der Waals surface area (Å²) >= 11 is 0. The quantitative estimate of drug-likeness (QED) is 0.672. The number of morpholine rings is 1. The summed E-state index contributed by atoms with van der Waals surface area (Å²) in [5.41, 5.74) is 1.37. The number of amides is 4. The second kappa shape index (κ2) is 9.36. The SMILES string of the molecule is C[C@@H]1CCCC[C@@]12NC(=O)N(CC(=O)NCc1ccccc1CN1CCOCC1)C2=O. The largest absolute Gasteiger partial charge is 0.379 e. The molecule has 3 aliphatic rings. The van der Waals surface area contributed by atoms with Gasteiger partial charge in [-0.05, 0) is 29.9 Å². The van der Waals surface area contributed by atoms with Crippen molar-refractivity contribution in [1.82, 2.24) is 20.4 Å². The third-order valence-corrected chi connectivity index (χ3v) is 6.90. The molecule has 31 heavy (non-hydrogen) atoms. The number of nitrogens with one attached hydrogen (secondary N) is 2. The molecule has 2 saturated heterocycles. The van der Waals surface area contributed by atoms with Gasteiger partial charge in [0.2, 0.25) is 5.91 Å². The Labute approximate surface area is 183 Å². The van der Waals surface area contributed by atoms with Crippen molar-refractivity contribution in [2.24, 2.45) is 5.92 Å². The van der Waals surface area contributed by atoms with Crippen molar-refractivity contribution in [3.8, 4) is 0 Å². The van der Waals surface area contributed by atoms with E-state index in [9.17, 15) is 14.4 Å². The monoisotopic (exact) mass is 428 g/mol. The van der Waals surface area contributed by atoms with Crippen molar-refractivity contribution in [3.05, 3.63) is 35.4 Å². The topological polar surface area (TPSA) is 91.0 Å². The molecule has 0 bridgehead atoms. The molecule has 3 fully saturated rings. The van der Waals surface area contributed by atoms with Gasteiger partial charge in [0.05, 0.1) is 13.2 Å². The third-order valence-electron chi connectivity index (χ3n) is 6.90. The summed E-state index contributed by atoms with van der Waals surface area (Å²) in [6.07, 6.45) is 3.53. The van der Waals surface area contributed by atoms with Crippen LogP contribution in [0.3, 0.4) is 0 Å². The van der Waals surface area contributed by atoms with Gasteiger partial charge >= 0.3 is 6.03 Å². The van der Waals surface area contributed by atoms with E-state index in [0.29, 0.717) is 13.0 Å². The molecule has 2 N–H and O–H groups in total. The number of ether oxygens (including phenoxy) is 1. The molecule has 1 aromatic carbocycles. The van der Waals surface area contributed by atoms with Crippen LogP contribution in [0.2, 0.25) is 0 Å². The summed E-state index contributed by atoms with van der Waals surface area (Å²) in [6, 6.07) is 7.57. The molecule has 8 heteroatoms. The van der Waals surface area contributed by atoms with Crippen LogP contribution in [0.1, 0.15) is 43.7 Å². The zero-order chi connectivity index (χ0) is 21.8. The maximum atomic E-state index is 13.0. The summed E-state index contributed by atoms with van der Waals surface area (Å²) < 4.78 is 5.41. The summed E-state index contributed by atoms with van der Waals surface area (Å²) in [5, 5.41) is 5.79. The lowest BCUT2D eigenvalue weighted by molar-refractivity contribution is -0.137. The van der Waals surface area contributed by atoms with Crippen LogP contribution in [0.5, 0.6) is 0 Å². The van der Waals surface area contributed by atoms with Gasteiger partial charge < -0.3 is 15.4 Å². The van der Waals surface area contributed by atoms with Gasteiger partial charge in [0, 0.05) is 26.2 Å². The minimum absolute atomic E-state index is 0.0813. The van der Waals surface area contributed by atoms with Gasteiger partial charge in [-0.25, -0.2) is 4.79 Å². The molecule has 1 aromatic rings. The smallest absolute Gasteiger partial charge is 0.325 e. The molecule has 168 valence electrons. The van der Waals surface area contributed by atoms with Crippen molar-refractivity contribution in [1.29, 1.82) is 0 Å². The van der Waals surface area contributed by atoms with E-state index in [-0.39, 0.29) is 24.3 Å². The van der Waals surface area contributed by atoms with Crippen molar-refractivity contribution in [2.45, 2.75) is 51.2 Å². The van der Waals surface area contributed by atoms with Crippen LogP contribution in [0.25, 0.3) is 0 Å². The van der Waals surface area contributed by atoms with E-state index >= 15 is 0 Å². The number of nitrogens with zero attached hydrogens (tertiary/aromatic N) is 2. The van der Waals surface area contributed by atoms with Crippen molar-refractivity contribution in [3.63, 3.8) is 0 Å². The Morgan fingerprint density at radius 2 is 1.94 bits per heavy atom. The fraction of sp³-hybridized carbons (Fsp3) is 0.609. The fourth-order valence-electron chi connectivity index (χ4n) is 4.92. The predicted molar refractivity (Wildman–Crippen MR) is 115 cm³/mol. The van der Waals surface area contributed by atoms with E-state index in [1.807, 2.05) is 25.1 Å². The molecule has 4 amide bonds. The Bertz CT molecular complexity index is 839. The predicted octanol–water partition coefficient (Wildman–Crippen LogP) is 1.64. The Morgan fingerprint density at radius 3 is 2.68 bits per heavy atom. The van der Waals surface area contributed by atoms with Gasteiger partial charge in [-0.2, -0.15) is 0 Å². The number of urea groups is 1. The van der Waals surface area contributed by atoms with Crippen LogP contribution in [-0.2, 0) is 27.4 Å². The highest BCUT2D eigenvalue weighted by Crippen LogP contribution is 2.38. The zero-order valence-electron chi connectivity index (χ0n) is 18.2. The van der Waals surface area contributed by atoms with Crippen molar-refractivity contribution in [2.75, 3.05) is 32.8 Å². The molecular formula is C23H32N4O4. The molecular weight excluding hydrogens is 396 g/mol. The molecule has 0 aromatic heterocycles. The molecule has 1 saturated carbocycles. The highest BCUT2D eigenvalue weighted by molar-refractivity contribution is 6.09. The lowest BCUT2D eigenvalue weighted by Gasteiger charge is -2.36. The standard InChI is InChI=1S/C23H32N4O4/c1-17-6-4-5-9-23(17)21(29)27(22(30)25-23)16-20(28)24-14-18-7-2-3-8-19(18)15-26-10-12-31-13-11-26/h2-3,7-8,17H,4-6,9-16H2,1H3,(H,24,28)(H,25,30)/t17-,23-/m1/s1. The molecule has 4 rings (SSSR count). The summed E-state index contributed by atoms with van der Waals surface area (Å²) in [7, 11) is 0. The second-order valence-electron chi connectivity index (χ2n) is 8.87. The summed E-state index contributed by atoms with van der Waals surface area (Å²) in [6.45, 7) is 6.21. The number of imide groups is 1. The van der Waals surface area contributed by atoms with E-state index in [1.54, 1.807) is 0 Å². The van der Waals surface area contributed by atoms with Crippen LogP contribution in [0.4, 0.5) is 4.79 Å². The van der Waals surface area contributed by atoms with Crippen LogP contribution < -0.4 is 10.6 Å². The first-order chi connectivity index (χ1) is 15.0. The Kier molecular flexibility index (Phi) is 6.57. The number of hydrogen-bond donors (Lipinski definition) is 2. The molecule has 2 aliphatic heterocycles. The van der Waals surface area contributed by atoms with Gasteiger partial charge in [0.15, 0.2) is 0 Å². The van der Waals surface area contributed by atoms with E-state index < -0.39 is 11.6 Å². The normalized spacial score (nSPS) is 26.9. The Balaban J connectivity index is 1.34. The lowest BCUT2D eigenvalue weighted by Crippen LogP contribution is -2.54. The first kappa shape index (κ1) is 21.8. The molecule has 0 radical (unpaired) electrons.